The molecule has 2 aromatic rings. The van der Waals surface area contributed by atoms with E-state index in [1.807, 2.05) is 18.2 Å². The van der Waals surface area contributed by atoms with Crippen molar-refractivity contribution in [3.8, 4) is 0 Å². The number of alkyl halides is 3. The summed E-state index contributed by atoms with van der Waals surface area (Å²) in [5.41, 5.74) is 1.11. The second-order valence-corrected chi connectivity index (χ2v) is 14.9. The number of hydrogen-bond donors (Lipinski definition) is 3. The van der Waals surface area contributed by atoms with Crippen LogP contribution in [0.1, 0.15) is 44.2 Å². The lowest BCUT2D eigenvalue weighted by atomic mass is 9.96. The number of aliphatic imine (C=N–C) groups is 1. The average Bonchev–Trinajstić information content (AvgIpc) is 3.74. The highest BCUT2D eigenvalue weighted by Crippen LogP contribution is 2.37. The standard InChI is InChI=1S/C33H41F3N4O8S/c1-19(2)15-40(49(44,45)22-9-10-25-24(14-22)29(30(42)38-25)20(3)37-18-33(34,35)36)16-27(41)26(13-21-7-5-4-6-8-21)39-32(43)48-28-17-47-31-23(28)11-12-46-31/h4-10,14,19,23,26-29,31,41H,11-13,15-18H2,1-3H3,(H,38,42)(H,39,43). The number of aliphatic hydroxyl groups is 1. The first kappa shape index (κ1) is 36.7. The van der Waals surface area contributed by atoms with Gasteiger partial charge in [-0.25, -0.2) is 13.2 Å². The lowest BCUT2D eigenvalue weighted by molar-refractivity contribution is -0.119. The van der Waals surface area contributed by atoms with Crippen molar-refractivity contribution >= 4 is 33.4 Å². The van der Waals surface area contributed by atoms with E-state index in [-0.39, 0.29) is 53.3 Å². The highest BCUT2D eigenvalue weighted by Gasteiger charge is 2.44. The van der Waals surface area contributed by atoms with Crippen LogP contribution in [0.2, 0.25) is 0 Å². The molecule has 12 nitrogen and oxygen atoms in total. The monoisotopic (exact) mass is 710 g/mol. The molecule has 0 aliphatic carbocycles. The van der Waals surface area contributed by atoms with Gasteiger partial charge < -0.3 is 30.0 Å². The molecule has 0 aromatic heterocycles. The fourth-order valence-electron chi connectivity index (χ4n) is 6.31. The van der Waals surface area contributed by atoms with E-state index < -0.39 is 71.7 Å². The number of fused-ring (bicyclic) bond motifs is 2. The molecule has 2 amide bonds. The van der Waals surface area contributed by atoms with Gasteiger partial charge in [0.05, 0.1) is 36.2 Å². The molecule has 0 spiro atoms. The maximum atomic E-state index is 14.2. The molecule has 0 saturated carbocycles. The van der Waals surface area contributed by atoms with Crippen molar-refractivity contribution in [2.24, 2.45) is 16.8 Å². The molecule has 0 radical (unpaired) electrons. The number of alkyl carbamates (subject to hydrolysis) is 1. The van der Waals surface area contributed by atoms with Gasteiger partial charge in [-0.2, -0.15) is 17.5 Å². The largest absolute Gasteiger partial charge is 0.443 e. The van der Waals surface area contributed by atoms with Crippen LogP contribution >= 0.6 is 0 Å². The lowest BCUT2D eigenvalue weighted by Gasteiger charge is -2.31. The van der Waals surface area contributed by atoms with E-state index in [0.29, 0.717) is 13.0 Å². The van der Waals surface area contributed by atoms with Crippen molar-refractivity contribution < 1.29 is 50.5 Å². The van der Waals surface area contributed by atoms with E-state index in [1.54, 1.807) is 26.0 Å². The first-order chi connectivity index (χ1) is 23.1. The number of amides is 2. The number of rotatable bonds is 13. The lowest BCUT2D eigenvalue weighted by Crippen LogP contribution is -2.51. The van der Waals surface area contributed by atoms with Gasteiger partial charge in [0.2, 0.25) is 15.9 Å². The van der Waals surface area contributed by atoms with Crippen LogP contribution in [0.15, 0.2) is 58.4 Å². The summed E-state index contributed by atoms with van der Waals surface area (Å²) >= 11 is 0. The Morgan fingerprint density at radius 3 is 2.59 bits per heavy atom. The molecular formula is C33H41F3N4O8S. The predicted molar refractivity (Wildman–Crippen MR) is 173 cm³/mol. The quantitative estimate of drug-likeness (QED) is 0.265. The summed E-state index contributed by atoms with van der Waals surface area (Å²) in [5.74, 6) is -2.12. The maximum Gasteiger partial charge on any atom is 0.407 e. The average molecular weight is 711 g/mol. The zero-order valence-corrected chi connectivity index (χ0v) is 28.2. The number of carbonyl (C=O) groups excluding carboxylic acids is 2. The third-order valence-electron chi connectivity index (χ3n) is 8.69. The van der Waals surface area contributed by atoms with Crippen LogP contribution in [0.5, 0.6) is 0 Å². The number of aliphatic hydroxyl groups excluding tert-OH is 1. The van der Waals surface area contributed by atoms with Crippen LogP contribution in [0.3, 0.4) is 0 Å². The molecule has 3 aliphatic heterocycles. The Bertz CT molecular complexity index is 1640. The van der Waals surface area contributed by atoms with Gasteiger partial charge in [-0.15, -0.1) is 0 Å². The van der Waals surface area contributed by atoms with Gasteiger partial charge in [-0.3, -0.25) is 9.79 Å². The molecule has 0 bridgehead atoms. The Morgan fingerprint density at radius 1 is 1.16 bits per heavy atom. The Balaban J connectivity index is 1.37. The van der Waals surface area contributed by atoms with E-state index in [2.05, 4.69) is 15.6 Å². The van der Waals surface area contributed by atoms with E-state index in [4.69, 9.17) is 14.2 Å². The first-order valence-electron chi connectivity index (χ1n) is 16.1. The number of sulfonamides is 1. The van der Waals surface area contributed by atoms with Crippen LogP contribution in [-0.4, -0.2) is 99.1 Å². The van der Waals surface area contributed by atoms with E-state index >= 15 is 0 Å². The second-order valence-electron chi connectivity index (χ2n) is 12.9. The highest BCUT2D eigenvalue weighted by atomic mass is 32.2. The van der Waals surface area contributed by atoms with Gasteiger partial charge in [-0.1, -0.05) is 44.2 Å². The Labute approximate surface area is 283 Å². The van der Waals surface area contributed by atoms with Crippen molar-refractivity contribution in [2.75, 3.05) is 38.2 Å². The normalized spacial score (nSPS) is 23.7. The summed E-state index contributed by atoms with van der Waals surface area (Å²) in [7, 11) is -4.34. The molecule has 3 N–H and O–H groups in total. The number of benzene rings is 2. The van der Waals surface area contributed by atoms with Gasteiger partial charge in [0.1, 0.15) is 18.6 Å². The van der Waals surface area contributed by atoms with Crippen molar-refractivity contribution in [1.29, 1.82) is 0 Å². The Kier molecular flexibility index (Phi) is 11.3. The molecule has 2 fully saturated rings. The molecule has 5 rings (SSSR count). The predicted octanol–water partition coefficient (Wildman–Crippen LogP) is 3.85. The molecule has 3 heterocycles. The third kappa shape index (κ3) is 8.97. The summed E-state index contributed by atoms with van der Waals surface area (Å²) in [6, 6.07) is 12.0. The molecule has 268 valence electrons. The SMILES string of the molecule is CC(=NCC(F)(F)F)C1C(=O)Nc2ccc(S(=O)(=O)N(CC(C)C)CC(O)C(Cc3ccccc3)NC(=O)OC3COC4OCCC34)cc21. The number of ether oxygens (including phenoxy) is 3. The van der Waals surface area contributed by atoms with E-state index in [0.717, 1.165) is 9.87 Å². The number of carbonyl (C=O) groups is 2. The first-order valence-corrected chi connectivity index (χ1v) is 17.5. The molecule has 2 aromatic carbocycles. The van der Waals surface area contributed by atoms with Crippen LogP contribution in [0.4, 0.5) is 23.7 Å². The summed E-state index contributed by atoms with van der Waals surface area (Å²) in [6.45, 7) is 3.67. The van der Waals surface area contributed by atoms with Gasteiger partial charge in [0, 0.05) is 24.5 Å². The zero-order chi connectivity index (χ0) is 35.5. The number of hydrogen-bond acceptors (Lipinski definition) is 9. The number of nitrogens with zero attached hydrogens (tertiary/aromatic N) is 2. The van der Waals surface area contributed by atoms with Gasteiger partial charge in [-0.05, 0) is 55.0 Å². The number of nitrogens with one attached hydrogen (secondary N) is 2. The van der Waals surface area contributed by atoms with Crippen LogP contribution < -0.4 is 10.6 Å². The van der Waals surface area contributed by atoms with E-state index in [9.17, 15) is 36.3 Å². The van der Waals surface area contributed by atoms with Crippen molar-refractivity contribution in [3.63, 3.8) is 0 Å². The van der Waals surface area contributed by atoms with Gasteiger partial charge in [0.25, 0.3) is 0 Å². The van der Waals surface area contributed by atoms with Crippen LogP contribution in [-0.2, 0) is 35.4 Å². The molecule has 6 unspecified atom stereocenters. The smallest absolute Gasteiger partial charge is 0.407 e. The molecule has 6 atom stereocenters. The maximum absolute atomic E-state index is 14.2. The molecule has 16 heteroatoms. The summed E-state index contributed by atoms with van der Waals surface area (Å²) in [4.78, 5) is 29.2. The summed E-state index contributed by atoms with van der Waals surface area (Å²) in [5, 5.41) is 16.9. The molecule has 49 heavy (non-hydrogen) atoms. The minimum absolute atomic E-state index is 0.00581. The van der Waals surface area contributed by atoms with E-state index in [1.165, 1.54) is 25.1 Å². The second kappa shape index (κ2) is 15.1. The fourth-order valence-corrected chi connectivity index (χ4v) is 7.96. The topological polar surface area (TPSA) is 156 Å². The van der Waals surface area contributed by atoms with Crippen molar-refractivity contribution in [1.82, 2.24) is 9.62 Å². The van der Waals surface area contributed by atoms with Crippen LogP contribution in [0, 0.1) is 11.8 Å². The Hall–Kier alpha value is -3.57. The van der Waals surface area contributed by atoms with Gasteiger partial charge >= 0.3 is 12.3 Å². The van der Waals surface area contributed by atoms with Crippen molar-refractivity contribution in [2.45, 2.75) is 75.1 Å². The zero-order valence-electron chi connectivity index (χ0n) is 27.4. The highest BCUT2D eigenvalue weighted by molar-refractivity contribution is 7.89. The number of halogens is 3. The fraction of sp³-hybridized carbons (Fsp3) is 0.545. The summed E-state index contributed by atoms with van der Waals surface area (Å²) in [6.07, 6.45) is -6.90. The van der Waals surface area contributed by atoms with Crippen molar-refractivity contribution in [3.05, 3.63) is 59.7 Å². The molecule has 2 saturated heterocycles. The number of anilines is 1. The summed E-state index contributed by atoms with van der Waals surface area (Å²) < 4.78 is 84.7. The minimum atomic E-state index is -4.58. The third-order valence-corrected chi connectivity index (χ3v) is 10.5. The molecular weight excluding hydrogens is 669 g/mol. The van der Waals surface area contributed by atoms with Gasteiger partial charge in [0.15, 0.2) is 6.29 Å². The van der Waals surface area contributed by atoms with Crippen LogP contribution in [0.25, 0.3) is 0 Å². The molecule has 3 aliphatic rings. The Morgan fingerprint density at radius 2 is 1.90 bits per heavy atom. The minimum Gasteiger partial charge on any atom is -0.443 e.